The summed E-state index contributed by atoms with van der Waals surface area (Å²) in [6, 6.07) is 28.2. The monoisotopic (exact) mass is 354 g/mol. The van der Waals surface area contributed by atoms with Gasteiger partial charge in [-0.3, -0.25) is 0 Å². The van der Waals surface area contributed by atoms with Gasteiger partial charge in [-0.1, -0.05) is 0 Å². The molecule has 0 saturated carbocycles. The molecule has 0 aromatic heterocycles. The first-order valence-electron chi connectivity index (χ1n) is 8.11. The van der Waals surface area contributed by atoms with Gasteiger partial charge in [0.05, 0.1) is 0 Å². The average Bonchev–Trinajstić information content (AvgIpc) is 2.72. The molecule has 3 nitrogen and oxygen atoms in total. The molecule has 0 radical (unpaired) electrons. The third kappa shape index (κ3) is 2.47. The first kappa shape index (κ1) is 17.6. The number of rotatable bonds is 6. The molecule has 0 amide bonds. The summed E-state index contributed by atoms with van der Waals surface area (Å²) in [5.74, 6) is 0.747. The first-order valence-corrected chi connectivity index (χ1v) is 10.2. The number of hydrogen-bond donors (Lipinski definition) is 0. The van der Waals surface area contributed by atoms with Gasteiger partial charge in [0.15, 0.2) is 0 Å². The Morgan fingerprint density at radius 2 is 1.00 bits per heavy atom. The second kappa shape index (κ2) is 6.97. The van der Waals surface area contributed by atoms with E-state index in [0.717, 1.165) is 21.7 Å². The minimum atomic E-state index is -3.62. The van der Waals surface area contributed by atoms with Crippen molar-refractivity contribution in [1.29, 1.82) is 0 Å². The van der Waals surface area contributed by atoms with E-state index in [2.05, 4.69) is 24.3 Å². The van der Waals surface area contributed by atoms with Crippen LogP contribution in [0.5, 0.6) is 5.75 Å². The van der Waals surface area contributed by atoms with Gasteiger partial charge in [0.1, 0.15) is 0 Å². The van der Waals surface area contributed by atoms with Gasteiger partial charge in [0, 0.05) is 0 Å². The van der Waals surface area contributed by atoms with Crippen LogP contribution < -0.4 is 20.7 Å². The van der Waals surface area contributed by atoms with Crippen LogP contribution in [0.1, 0.15) is 0 Å². The Hall–Kier alpha value is -2.19. The van der Waals surface area contributed by atoms with Crippen LogP contribution in [0.3, 0.4) is 0 Å². The van der Waals surface area contributed by atoms with Gasteiger partial charge in [-0.15, -0.1) is 0 Å². The van der Waals surface area contributed by atoms with E-state index in [1.165, 1.54) is 0 Å². The predicted octanol–water partition coefficient (Wildman–Crippen LogP) is 3.65. The Balaban J connectivity index is 2.51. The first-order chi connectivity index (χ1) is 12.2. The molecule has 0 N–H and O–H groups in total. The number of ether oxygens (including phenoxy) is 1. The van der Waals surface area contributed by atoms with Crippen molar-refractivity contribution in [1.82, 2.24) is 0 Å². The molecular weight excluding hydrogens is 331 g/mol. The quantitative estimate of drug-likeness (QED) is 0.633. The number of para-hydroxylation sites is 1. The van der Waals surface area contributed by atoms with Crippen LogP contribution >= 0.6 is 7.06 Å². The second-order valence-electron chi connectivity index (χ2n) is 5.67. The Morgan fingerprint density at radius 3 is 1.44 bits per heavy atom. The van der Waals surface area contributed by atoms with Crippen LogP contribution in [0.15, 0.2) is 84.9 Å². The van der Waals surface area contributed by atoms with Gasteiger partial charge >= 0.3 is 149 Å². The van der Waals surface area contributed by atoms with Crippen LogP contribution in [0.4, 0.5) is 0 Å². The Labute approximate surface area is 149 Å². The Bertz CT molecular complexity index is 787. The maximum atomic E-state index is 6.40. The van der Waals surface area contributed by atoms with E-state index in [4.69, 9.17) is 13.8 Å². The van der Waals surface area contributed by atoms with Gasteiger partial charge in [0.25, 0.3) is 0 Å². The zero-order valence-electron chi connectivity index (χ0n) is 14.8. The summed E-state index contributed by atoms with van der Waals surface area (Å²) in [5, 5.41) is 2.90. The molecule has 0 spiro atoms. The number of methoxy groups -OCH3 is 1. The molecule has 3 aromatic carbocycles. The van der Waals surface area contributed by atoms with Crippen LogP contribution in [0.2, 0.25) is 0 Å². The molecule has 3 rings (SSSR count). The maximum absolute atomic E-state index is 6.40. The fraction of sp³-hybridized carbons (Fsp3) is 0.143. The zero-order chi connectivity index (χ0) is 17.8. The van der Waals surface area contributed by atoms with Crippen LogP contribution in [-0.2, 0) is 9.05 Å². The molecule has 0 aliphatic heterocycles. The molecule has 0 saturated heterocycles. The summed E-state index contributed by atoms with van der Waals surface area (Å²) in [6.45, 7) is 0. The Kier molecular flexibility index (Phi) is 4.91. The van der Waals surface area contributed by atoms with Crippen LogP contribution in [-0.4, -0.2) is 21.3 Å². The summed E-state index contributed by atoms with van der Waals surface area (Å²) < 4.78 is 18.5. The summed E-state index contributed by atoms with van der Waals surface area (Å²) in [7, 11) is 1.48. The Morgan fingerprint density at radius 1 is 0.560 bits per heavy atom. The summed E-state index contributed by atoms with van der Waals surface area (Å²) in [5.41, 5.74) is 0. The van der Waals surface area contributed by atoms with Crippen molar-refractivity contribution in [3.63, 3.8) is 0 Å². The molecule has 25 heavy (non-hydrogen) atoms. The van der Waals surface area contributed by atoms with Crippen molar-refractivity contribution in [2.45, 2.75) is 0 Å². The summed E-state index contributed by atoms with van der Waals surface area (Å²) in [6.07, 6.45) is 0. The normalized spacial score (nSPS) is 13.0. The SMILES string of the molecule is COc1ccccc1P(OC)(OC)(c1ccccc1)c1ccccc1. The second-order valence-corrected chi connectivity index (χ2v) is 9.83. The van der Waals surface area contributed by atoms with E-state index in [0.29, 0.717) is 0 Å². The summed E-state index contributed by atoms with van der Waals surface area (Å²) >= 11 is 0. The molecule has 0 atom stereocenters. The fourth-order valence-electron chi connectivity index (χ4n) is 3.48. The molecule has 4 heteroatoms. The zero-order valence-corrected chi connectivity index (χ0v) is 15.6. The minimum absolute atomic E-state index is 0.747. The van der Waals surface area contributed by atoms with E-state index in [1.807, 2.05) is 60.7 Å². The summed E-state index contributed by atoms with van der Waals surface area (Å²) in [4.78, 5) is 0. The van der Waals surface area contributed by atoms with Crippen molar-refractivity contribution >= 4 is 23.0 Å². The molecule has 0 unspecified atom stereocenters. The predicted molar refractivity (Wildman–Crippen MR) is 106 cm³/mol. The van der Waals surface area contributed by atoms with Crippen molar-refractivity contribution in [3.05, 3.63) is 84.9 Å². The van der Waals surface area contributed by atoms with Crippen molar-refractivity contribution in [3.8, 4) is 5.75 Å². The number of benzene rings is 3. The van der Waals surface area contributed by atoms with E-state index < -0.39 is 7.06 Å². The van der Waals surface area contributed by atoms with Crippen LogP contribution in [0, 0.1) is 0 Å². The molecular formula is C21H23O3P. The van der Waals surface area contributed by atoms with Gasteiger partial charge in [-0.05, 0) is 0 Å². The molecule has 0 aliphatic carbocycles. The molecule has 0 fully saturated rings. The third-order valence-electron chi connectivity index (χ3n) is 4.67. The van der Waals surface area contributed by atoms with Crippen molar-refractivity contribution < 1.29 is 13.8 Å². The molecule has 0 aliphatic rings. The van der Waals surface area contributed by atoms with Crippen molar-refractivity contribution in [2.75, 3.05) is 21.3 Å². The third-order valence-corrected chi connectivity index (χ3v) is 9.78. The van der Waals surface area contributed by atoms with Gasteiger partial charge in [-0.25, -0.2) is 0 Å². The van der Waals surface area contributed by atoms with Gasteiger partial charge in [0.2, 0.25) is 0 Å². The molecule has 0 heterocycles. The molecule has 3 aromatic rings. The average molecular weight is 354 g/mol. The van der Waals surface area contributed by atoms with E-state index in [-0.39, 0.29) is 0 Å². The van der Waals surface area contributed by atoms with E-state index in [1.54, 1.807) is 21.3 Å². The molecule has 0 bridgehead atoms. The molecule has 130 valence electrons. The van der Waals surface area contributed by atoms with Crippen LogP contribution in [0.25, 0.3) is 0 Å². The van der Waals surface area contributed by atoms with E-state index >= 15 is 0 Å². The van der Waals surface area contributed by atoms with Crippen molar-refractivity contribution in [2.24, 2.45) is 0 Å². The van der Waals surface area contributed by atoms with E-state index in [9.17, 15) is 0 Å². The fourth-order valence-corrected chi connectivity index (χ4v) is 8.07. The number of hydrogen-bond acceptors (Lipinski definition) is 3. The topological polar surface area (TPSA) is 27.7 Å². The van der Waals surface area contributed by atoms with Gasteiger partial charge in [-0.2, -0.15) is 0 Å². The standard InChI is InChI=1S/C21H23O3P/c1-22-20-16-10-11-17-21(20)25(23-2,24-3,18-12-6-4-7-13-18)19-14-8-5-9-15-19/h4-17H,1-3H3. The van der Waals surface area contributed by atoms with Gasteiger partial charge < -0.3 is 0 Å².